The molecule has 2 N–H and O–H groups in total. The van der Waals surface area contributed by atoms with Crippen LogP contribution >= 0.6 is 15.9 Å². The summed E-state index contributed by atoms with van der Waals surface area (Å²) in [6.45, 7) is 0. The molecule has 1 unspecified atom stereocenters. The molecule has 2 aromatic rings. The number of halogens is 1. The second-order valence-electron chi connectivity index (χ2n) is 5.34. The van der Waals surface area contributed by atoms with Crippen molar-refractivity contribution in [3.05, 3.63) is 64.1 Å². The zero-order chi connectivity index (χ0) is 14.8. The van der Waals surface area contributed by atoms with E-state index in [0.717, 1.165) is 15.7 Å². The van der Waals surface area contributed by atoms with Crippen molar-refractivity contribution in [2.24, 2.45) is 0 Å². The summed E-state index contributed by atoms with van der Waals surface area (Å²) in [5, 5.41) is 12.6. The van der Waals surface area contributed by atoms with Crippen LogP contribution in [0.3, 0.4) is 0 Å². The third-order valence-electron chi connectivity index (χ3n) is 3.74. The number of nitrogens with one attached hydrogen (secondary N) is 1. The second-order valence-corrected chi connectivity index (χ2v) is 6.19. The molecule has 0 aromatic heterocycles. The molecule has 0 heterocycles. The van der Waals surface area contributed by atoms with Crippen molar-refractivity contribution in [2.45, 2.75) is 24.8 Å². The van der Waals surface area contributed by atoms with Gasteiger partial charge < -0.3 is 10.4 Å². The Morgan fingerprint density at radius 2 is 1.81 bits per heavy atom. The summed E-state index contributed by atoms with van der Waals surface area (Å²) in [7, 11) is 0. The van der Waals surface area contributed by atoms with Crippen LogP contribution in [0.25, 0.3) is 0 Å². The predicted octanol–water partition coefficient (Wildman–Crippen LogP) is 4.56. The van der Waals surface area contributed by atoms with Crippen molar-refractivity contribution in [2.75, 3.05) is 5.32 Å². The SMILES string of the molecule is O=C(O)C(Nc1ccccc1Br)c1ccc(C2CC2)cc1. The number of anilines is 1. The summed E-state index contributed by atoms with van der Waals surface area (Å²) >= 11 is 3.43. The smallest absolute Gasteiger partial charge is 0.330 e. The molecule has 0 bridgehead atoms. The Morgan fingerprint density at radius 1 is 1.14 bits per heavy atom. The van der Waals surface area contributed by atoms with Gasteiger partial charge in [0.15, 0.2) is 6.04 Å². The Hall–Kier alpha value is -1.81. The quantitative estimate of drug-likeness (QED) is 0.834. The molecular weight excluding hydrogens is 330 g/mol. The van der Waals surface area contributed by atoms with Crippen molar-refractivity contribution in [3.8, 4) is 0 Å². The zero-order valence-electron chi connectivity index (χ0n) is 11.4. The van der Waals surface area contributed by atoms with E-state index in [1.165, 1.54) is 18.4 Å². The largest absolute Gasteiger partial charge is 0.479 e. The molecule has 2 aromatic carbocycles. The molecule has 21 heavy (non-hydrogen) atoms. The Labute approximate surface area is 132 Å². The lowest BCUT2D eigenvalue weighted by Gasteiger charge is -2.17. The second kappa shape index (κ2) is 5.90. The highest BCUT2D eigenvalue weighted by Crippen LogP contribution is 2.40. The number of carboxylic acid groups (broad SMARTS) is 1. The zero-order valence-corrected chi connectivity index (χ0v) is 13.0. The molecule has 1 fully saturated rings. The van der Waals surface area contributed by atoms with Crippen molar-refractivity contribution >= 4 is 27.6 Å². The molecular formula is C17H16BrNO2. The molecule has 0 aliphatic heterocycles. The van der Waals surface area contributed by atoms with E-state index in [9.17, 15) is 9.90 Å². The minimum atomic E-state index is -0.884. The van der Waals surface area contributed by atoms with Crippen LogP contribution in [0.4, 0.5) is 5.69 Å². The molecule has 1 saturated carbocycles. The van der Waals surface area contributed by atoms with E-state index in [4.69, 9.17) is 0 Å². The normalized spacial score (nSPS) is 15.5. The third kappa shape index (κ3) is 3.27. The number of carbonyl (C=O) groups is 1. The molecule has 0 radical (unpaired) electrons. The number of hydrogen-bond acceptors (Lipinski definition) is 2. The van der Waals surface area contributed by atoms with Gasteiger partial charge in [-0.25, -0.2) is 4.79 Å². The topological polar surface area (TPSA) is 49.3 Å². The molecule has 3 rings (SSSR count). The molecule has 1 aliphatic rings. The molecule has 1 aliphatic carbocycles. The van der Waals surface area contributed by atoms with Crippen LogP contribution in [0.15, 0.2) is 53.0 Å². The maximum Gasteiger partial charge on any atom is 0.330 e. The van der Waals surface area contributed by atoms with Gasteiger partial charge >= 0.3 is 5.97 Å². The number of aliphatic carboxylic acids is 1. The van der Waals surface area contributed by atoms with Crippen molar-refractivity contribution in [1.29, 1.82) is 0 Å². The van der Waals surface area contributed by atoms with Gasteiger partial charge in [-0.1, -0.05) is 36.4 Å². The van der Waals surface area contributed by atoms with E-state index in [-0.39, 0.29) is 0 Å². The monoisotopic (exact) mass is 345 g/mol. The first-order valence-corrected chi connectivity index (χ1v) is 7.78. The molecule has 4 heteroatoms. The van der Waals surface area contributed by atoms with Crippen LogP contribution in [0.1, 0.15) is 35.9 Å². The lowest BCUT2D eigenvalue weighted by atomic mass is 10.0. The number of benzene rings is 2. The summed E-state index contributed by atoms with van der Waals surface area (Å²) in [6.07, 6.45) is 2.49. The first kappa shape index (κ1) is 14.1. The van der Waals surface area contributed by atoms with Gasteiger partial charge in [0, 0.05) is 10.2 Å². The van der Waals surface area contributed by atoms with Crippen LogP contribution in [0, 0.1) is 0 Å². The molecule has 3 nitrogen and oxygen atoms in total. The third-order valence-corrected chi connectivity index (χ3v) is 4.43. The first-order valence-electron chi connectivity index (χ1n) is 6.99. The van der Waals surface area contributed by atoms with Crippen LogP contribution in [0.5, 0.6) is 0 Å². The van der Waals surface area contributed by atoms with Crippen LogP contribution in [-0.2, 0) is 4.79 Å². The molecule has 108 valence electrons. The first-order chi connectivity index (χ1) is 10.1. The standard InChI is InChI=1S/C17H16BrNO2/c18-14-3-1-2-4-15(14)19-16(17(20)21)13-9-7-12(8-10-13)11-5-6-11/h1-4,7-11,16,19H,5-6H2,(H,20,21). The van der Waals surface area contributed by atoms with Crippen LogP contribution in [0.2, 0.25) is 0 Å². The minimum absolute atomic E-state index is 0.679. The van der Waals surface area contributed by atoms with Crippen molar-refractivity contribution in [3.63, 3.8) is 0 Å². The van der Waals surface area contributed by atoms with Gasteiger partial charge in [-0.3, -0.25) is 0 Å². The van der Waals surface area contributed by atoms with Gasteiger partial charge in [0.05, 0.1) is 0 Å². The van der Waals surface area contributed by atoms with Gasteiger partial charge in [-0.05, 0) is 57.9 Å². The summed E-state index contributed by atoms with van der Waals surface area (Å²) in [5.41, 5.74) is 2.85. The molecule has 0 amide bonds. The maximum absolute atomic E-state index is 11.6. The average molecular weight is 346 g/mol. The fourth-order valence-corrected chi connectivity index (χ4v) is 2.80. The highest BCUT2D eigenvalue weighted by molar-refractivity contribution is 9.10. The Balaban J connectivity index is 1.83. The van der Waals surface area contributed by atoms with Gasteiger partial charge in [-0.15, -0.1) is 0 Å². The summed E-state index contributed by atoms with van der Waals surface area (Å²) in [5.74, 6) is -0.205. The number of carboxylic acids is 1. The summed E-state index contributed by atoms with van der Waals surface area (Å²) in [4.78, 5) is 11.6. The maximum atomic E-state index is 11.6. The number of hydrogen-bond donors (Lipinski definition) is 2. The van der Waals surface area contributed by atoms with Gasteiger partial charge in [0.1, 0.15) is 0 Å². The Kier molecular flexibility index (Phi) is 3.97. The Morgan fingerprint density at radius 3 is 2.38 bits per heavy atom. The van der Waals surface area contributed by atoms with Crippen molar-refractivity contribution in [1.82, 2.24) is 0 Å². The van der Waals surface area contributed by atoms with Crippen LogP contribution in [-0.4, -0.2) is 11.1 Å². The average Bonchev–Trinajstić information content (AvgIpc) is 3.31. The van der Waals surface area contributed by atoms with Crippen LogP contribution < -0.4 is 5.32 Å². The van der Waals surface area contributed by atoms with E-state index < -0.39 is 12.0 Å². The fraction of sp³-hybridized carbons (Fsp3) is 0.235. The van der Waals surface area contributed by atoms with Gasteiger partial charge in [0.2, 0.25) is 0 Å². The lowest BCUT2D eigenvalue weighted by molar-refractivity contribution is -0.138. The number of para-hydroxylation sites is 1. The lowest BCUT2D eigenvalue weighted by Crippen LogP contribution is -2.20. The number of rotatable bonds is 5. The molecule has 0 spiro atoms. The van der Waals surface area contributed by atoms with E-state index in [0.29, 0.717) is 5.92 Å². The molecule has 0 saturated heterocycles. The summed E-state index contributed by atoms with van der Waals surface area (Å²) in [6, 6.07) is 14.7. The van der Waals surface area contributed by atoms with Gasteiger partial charge in [-0.2, -0.15) is 0 Å². The fourth-order valence-electron chi connectivity index (χ4n) is 2.40. The van der Waals surface area contributed by atoms with E-state index in [1.54, 1.807) is 0 Å². The minimum Gasteiger partial charge on any atom is -0.479 e. The van der Waals surface area contributed by atoms with E-state index in [2.05, 4.69) is 21.2 Å². The highest BCUT2D eigenvalue weighted by atomic mass is 79.9. The van der Waals surface area contributed by atoms with E-state index >= 15 is 0 Å². The highest BCUT2D eigenvalue weighted by Gasteiger charge is 2.25. The summed E-state index contributed by atoms with van der Waals surface area (Å²) < 4.78 is 0.853. The Bertz CT molecular complexity index is 650. The predicted molar refractivity (Wildman–Crippen MR) is 86.6 cm³/mol. The van der Waals surface area contributed by atoms with E-state index in [1.807, 2.05) is 48.5 Å². The van der Waals surface area contributed by atoms with Crippen molar-refractivity contribution < 1.29 is 9.90 Å². The molecule has 1 atom stereocenters. The van der Waals surface area contributed by atoms with Gasteiger partial charge in [0.25, 0.3) is 0 Å².